The van der Waals surface area contributed by atoms with E-state index >= 15 is 0 Å². The second kappa shape index (κ2) is 7.34. The molecule has 0 saturated carbocycles. The van der Waals surface area contributed by atoms with Crippen LogP contribution in [0.2, 0.25) is 10.0 Å². The molecule has 0 radical (unpaired) electrons. The average molecular weight is 324 g/mol. The lowest BCUT2D eigenvalue weighted by atomic mass is 9.97. The van der Waals surface area contributed by atoms with Gasteiger partial charge in [-0.05, 0) is 31.0 Å². The van der Waals surface area contributed by atoms with Crippen molar-refractivity contribution in [3.8, 4) is 0 Å². The highest BCUT2D eigenvalue weighted by Gasteiger charge is 2.24. The Labute approximate surface area is 129 Å². The molecule has 0 aliphatic carbocycles. The van der Waals surface area contributed by atoms with Crippen LogP contribution in [0.4, 0.5) is 0 Å². The van der Waals surface area contributed by atoms with Gasteiger partial charge in [-0.25, -0.2) is 0 Å². The topological polar surface area (TPSA) is 46.3 Å². The van der Waals surface area contributed by atoms with Gasteiger partial charge in [-0.15, -0.1) is 12.4 Å². The Hall–Kier alpha value is -0.480. The predicted octanol–water partition coefficient (Wildman–Crippen LogP) is 3.11. The summed E-state index contributed by atoms with van der Waals surface area (Å²) in [6, 6.07) is 5.62. The van der Waals surface area contributed by atoms with Crippen LogP contribution in [0.5, 0.6) is 0 Å². The molecule has 6 heteroatoms. The van der Waals surface area contributed by atoms with Crippen LogP contribution in [-0.2, 0) is 11.3 Å². The Bertz CT molecular complexity index is 454. The minimum absolute atomic E-state index is 0. The van der Waals surface area contributed by atoms with Crippen molar-refractivity contribution in [2.24, 2.45) is 11.7 Å². The van der Waals surface area contributed by atoms with Crippen LogP contribution < -0.4 is 5.73 Å². The molecule has 19 heavy (non-hydrogen) atoms. The van der Waals surface area contributed by atoms with Crippen molar-refractivity contribution < 1.29 is 4.79 Å². The molecular formula is C13H17Cl3N2O. The third kappa shape index (κ3) is 4.25. The predicted molar refractivity (Wildman–Crippen MR) is 80.9 cm³/mol. The molecule has 2 N–H and O–H groups in total. The third-order valence-electron chi connectivity index (χ3n) is 3.33. The summed E-state index contributed by atoms with van der Waals surface area (Å²) in [4.78, 5) is 13.4. The Morgan fingerprint density at radius 3 is 2.84 bits per heavy atom. The number of carbonyl (C=O) groups is 1. The number of primary amides is 1. The first-order valence-corrected chi connectivity index (χ1v) is 6.78. The fourth-order valence-corrected chi connectivity index (χ4v) is 2.72. The fourth-order valence-electron chi connectivity index (χ4n) is 2.34. The molecule has 0 spiro atoms. The number of amides is 1. The maximum absolute atomic E-state index is 11.2. The van der Waals surface area contributed by atoms with Crippen LogP contribution in [0.1, 0.15) is 18.4 Å². The van der Waals surface area contributed by atoms with E-state index in [2.05, 4.69) is 4.90 Å². The Morgan fingerprint density at radius 1 is 1.42 bits per heavy atom. The zero-order valence-electron chi connectivity index (χ0n) is 10.4. The number of carbonyl (C=O) groups excluding carboxylic acids is 1. The van der Waals surface area contributed by atoms with Gasteiger partial charge in [0, 0.05) is 13.1 Å². The monoisotopic (exact) mass is 322 g/mol. The summed E-state index contributed by atoms with van der Waals surface area (Å²) in [6.07, 6.45) is 1.88. The Morgan fingerprint density at radius 2 is 2.16 bits per heavy atom. The first kappa shape index (κ1) is 16.6. The smallest absolute Gasteiger partial charge is 0.221 e. The summed E-state index contributed by atoms with van der Waals surface area (Å²) < 4.78 is 0. The number of benzene rings is 1. The minimum atomic E-state index is -0.211. The summed E-state index contributed by atoms with van der Waals surface area (Å²) in [5.74, 6) is -0.256. The minimum Gasteiger partial charge on any atom is -0.369 e. The number of nitrogens with two attached hydrogens (primary N) is 1. The van der Waals surface area contributed by atoms with Crippen molar-refractivity contribution >= 4 is 41.5 Å². The molecule has 1 fully saturated rings. The molecule has 106 valence electrons. The van der Waals surface area contributed by atoms with Crippen LogP contribution in [0.3, 0.4) is 0 Å². The molecule has 3 nitrogen and oxygen atoms in total. The van der Waals surface area contributed by atoms with Crippen molar-refractivity contribution in [2.45, 2.75) is 19.4 Å². The average Bonchev–Trinajstić information content (AvgIpc) is 2.35. The van der Waals surface area contributed by atoms with E-state index in [4.69, 9.17) is 28.9 Å². The molecule has 1 atom stereocenters. The highest BCUT2D eigenvalue weighted by Crippen LogP contribution is 2.27. The Kier molecular flexibility index (Phi) is 6.40. The van der Waals surface area contributed by atoms with Crippen LogP contribution >= 0.6 is 35.6 Å². The van der Waals surface area contributed by atoms with Crippen molar-refractivity contribution in [3.63, 3.8) is 0 Å². The highest BCUT2D eigenvalue weighted by atomic mass is 35.5. The van der Waals surface area contributed by atoms with Crippen LogP contribution in [0.25, 0.3) is 0 Å². The van der Waals surface area contributed by atoms with E-state index in [-0.39, 0.29) is 24.2 Å². The van der Waals surface area contributed by atoms with E-state index < -0.39 is 0 Å². The number of halogens is 3. The van der Waals surface area contributed by atoms with Gasteiger partial charge in [0.05, 0.1) is 16.0 Å². The van der Waals surface area contributed by atoms with Gasteiger partial charge in [-0.2, -0.15) is 0 Å². The van der Waals surface area contributed by atoms with Crippen molar-refractivity contribution in [3.05, 3.63) is 33.8 Å². The number of nitrogens with zero attached hydrogens (tertiary/aromatic N) is 1. The molecule has 1 aromatic rings. The molecule has 1 heterocycles. The fraction of sp³-hybridized carbons (Fsp3) is 0.462. The second-order valence-corrected chi connectivity index (χ2v) is 5.47. The van der Waals surface area contributed by atoms with Gasteiger partial charge in [-0.1, -0.05) is 35.3 Å². The highest BCUT2D eigenvalue weighted by molar-refractivity contribution is 6.42. The number of likely N-dealkylation sites (tertiary alicyclic amines) is 1. The number of hydrogen-bond acceptors (Lipinski definition) is 2. The van der Waals surface area contributed by atoms with Gasteiger partial charge < -0.3 is 5.73 Å². The van der Waals surface area contributed by atoms with Gasteiger partial charge in [0.25, 0.3) is 0 Å². The molecule has 2 rings (SSSR count). The van der Waals surface area contributed by atoms with Crippen molar-refractivity contribution in [1.29, 1.82) is 0 Å². The summed E-state index contributed by atoms with van der Waals surface area (Å²) in [6.45, 7) is 2.38. The SMILES string of the molecule is Cl.NC(=O)C1CCCN(Cc2cccc(Cl)c2Cl)C1. The summed E-state index contributed by atoms with van der Waals surface area (Å²) >= 11 is 12.1. The molecule has 1 aliphatic heterocycles. The van der Waals surface area contributed by atoms with E-state index in [0.29, 0.717) is 23.1 Å². The molecule has 1 aliphatic rings. The zero-order chi connectivity index (χ0) is 13.1. The van der Waals surface area contributed by atoms with Crippen LogP contribution in [0, 0.1) is 5.92 Å². The summed E-state index contributed by atoms with van der Waals surface area (Å²) in [7, 11) is 0. The lowest BCUT2D eigenvalue weighted by Crippen LogP contribution is -2.40. The largest absolute Gasteiger partial charge is 0.369 e. The molecule has 1 saturated heterocycles. The van der Waals surface area contributed by atoms with E-state index in [1.54, 1.807) is 6.07 Å². The summed E-state index contributed by atoms with van der Waals surface area (Å²) in [5.41, 5.74) is 6.36. The van der Waals surface area contributed by atoms with Gasteiger partial charge in [-0.3, -0.25) is 9.69 Å². The lowest BCUT2D eigenvalue weighted by Gasteiger charge is -2.31. The number of rotatable bonds is 3. The number of hydrogen-bond donors (Lipinski definition) is 1. The van der Waals surface area contributed by atoms with E-state index in [0.717, 1.165) is 24.9 Å². The van der Waals surface area contributed by atoms with Crippen molar-refractivity contribution in [2.75, 3.05) is 13.1 Å². The van der Waals surface area contributed by atoms with E-state index in [1.807, 2.05) is 12.1 Å². The normalized spacial score (nSPS) is 19.8. The quantitative estimate of drug-likeness (QED) is 0.929. The molecule has 1 unspecified atom stereocenters. The van der Waals surface area contributed by atoms with Gasteiger partial charge >= 0.3 is 0 Å². The third-order valence-corrected chi connectivity index (χ3v) is 4.19. The Balaban J connectivity index is 0.00000180. The van der Waals surface area contributed by atoms with E-state index in [1.165, 1.54) is 0 Å². The van der Waals surface area contributed by atoms with Crippen LogP contribution in [0.15, 0.2) is 18.2 Å². The van der Waals surface area contributed by atoms with Gasteiger partial charge in [0.2, 0.25) is 5.91 Å². The van der Waals surface area contributed by atoms with Crippen LogP contribution in [-0.4, -0.2) is 23.9 Å². The second-order valence-electron chi connectivity index (χ2n) is 4.69. The maximum Gasteiger partial charge on any atom is 0.221 e. The van der Waals surface area contributed by atoms with Crippen molar-refractivity contribution in [1.82, 2.24) is 4.90 Å². The summed E-state index contributed by atoms with van der Waals surface area (Å²) in [5, 5.41) is 1.16. The van der Waals surface area contributed by atoms with E-state index in [9.17, 15) is 4.79 Å². The molecular weight excluding hydrogens is 307 g/mol. The molecule has 0 aromatic heterocycles. The first-order chi connectivity index (χ1) is 8.58. The lowest BCUT2D eigenvalue weighted by molar-refractivity contribution is -0.123. The first-order valence-electron chi connectivity index (χ1n) is 6.02. The van der Waals surface area contributed by atoms with Gasteiger partial charge in [0.1, 0.15) is 0 Å². The zero-order valence-corrected chi connectivity index (χ0v) is 12.8. The molecule has 0 bridgehead atoms. The standard InChI is InChI=1S/C13H16Cl2N2O.ClH/c14-11-5-1-3-9(12(11)15)7-17-6-2-4-10(8-17)13(16)18;/h1,3,5,10H,2,4,6-8H2,(H2,16,18);1H. The van der Waals surface area contributed by atoms with Gasteiger partial charge in [0.15, 0.2) is 0 Å². The molecule has 1 aromatic carbocycles. The number of piperidine rings is 1. The maximum atomic E-state index is 11.2. The molecule has 1 amide bonds.